The molecule has 1 N–H and O–H groups in total. The van der Waals surface area contributed by atoms with Crippen molar-refractivity contribution in [1.82, 2.24) is 10.3 Å². The lowest BCUT2D eigenvalue weighted by molar-refractivity contribution is 0.0339. The summed E-state index contributed by atoms with van der Waals surface area (Å²) in [6, 6.07) is 13.4. The summed E-state index contributed by atoms with van der Waals surface area (Å²) < 4.78 is 10.9. The topological polar surface area (TPSA) is 63.2 Å². The van der Waals surface area contributed by atoms with Gasteiger partial charge in [-0.15, -0.1) is 0 Å². The van der Waals surface area contributed by atoms with Crippen molar-refractivity contribution in [3.05, 3.63) is 64.7 Å². The maximum absolute atomic E-state index is 12.4. The first-order valence-electron chi connectivity index (χ1n) is 9.46. The van der Waals surface area contributed by atoms with E-state index in [-0.39, 0.29) is 5.91 Å². The predicted molar refractivity (Wildman–Crippen MR) is 110 cm³/mol. The maximum Gasteiger partial charge on any atom is 0.271 e. The molecule has 1 saturated heterocycles. The summed E-state index contributed by atoms with van der Waals surface area (Å²) in [5.41, 5.74) is 7.00. The van der Waals surface area contributed by atoms with Crippen molar-refractivity contribution in [2.75, 3.05) is 33.4 Å². The SMILES string of the molecule is COc1ccc(/C(C)=N\NC(=O)c2ccccc2C)cc1CN1CCOCC1. The lowest BCUT2D eigenvalue weighted by Crippen LogP contribution is -2.35. The number of carbonyl (C=O) groups excluding carboxylic acids is 1. The Kier molecular flexibility index (Phi) is 6.79. The van der Waals surface area contributed by atoms with E-state index in [1.54, 1.807) is 13.2 Å². The van der Waals surface area contributed by atoms with Crippen molar-refractivity contribution in [1.29, 1.82) is 0 Å². The van der Waals surface area contributed by atoms with E-state index in [9.17, 15) is 4.79 Å². The molecule has 6 heteroatoms. The minimum atomic E-state index is -0.209. The lowest BCUT2D eigenvalue weighted by Gasteiger charge is -2.27. The van der Waals surface area contributed by atoms with Gasteiger partial charge in [0, 0.05) is 30.8 Å². The normalized spacial score (nSPS) is 15.3. The second-order valence-corrected chi connectivity index (χ2v) is 6.87. The summed E-state index contributed by atoms with van der Waals surface area (Å²) in [5.74, 6) is 0.645. The summed E-state index contributed by atoms with van der Waals surface area (Å²) >= 11 is 0. The van der Waals surface area contributed by atoms with Crippen LogP contribution in [0.15, 0.2) is 47.6 Å². The van der Waals surface area contributed by atoms with Gasteiger partial charge in [0.2, 0.25) is 0 Å². The van der Waals surface area contributed by atoms with E-state index in [4.69, 9.17) is 9.47 Å². The molecule has 1 fully saturated rings. The molecule has 1 aliphatic heterocycles. The van der Waals surface area contributed by atoms with Gasteiger partial charge in [-0.3, -0.25) is 9.69 Å². The van der Waals surface area contributed by atoms with Crippen molar-refractivity contribution in [3.63, 3.8) is 0 Å². The van der Waals surface area contributed by atoms with Crippen LogP contribution in [0.5, 0.6) is 5.75 Å². The minimum Gasteiger partial charge on any atom is -0.496 e. The van der Waals surface area contributed by atoms with Crippen molar-refractivity contribution in [2.24, 2.45) is 5.10 Å². The summed E-state index contributed by atoms with van der Waals surface area (Å²) in [6.45, 7) is 7.93. The fraction of sp³-hybridized carbons (Fsp3) is 0.364. The van der Waals surface area contributed by atoms with E-state index in [1.807, 2.05) is 44.2 Å². The van der Waals surface area contributed by atoms with E-state index in [2.05, 4.69) is 21.5 Å². The number of aryl methyl sites for hydroxylation is 1. The van der Waals surface area contributed by atoms with Crippen LogP contribution in [0.4, 0.5) is 0 Å². The van der Waals surface area contributed by atoms with Gasteiger partial charge >= 0.3 is 0 Å². The fourth-order valence-corrected chi connectivity index (χ4v) is 3.21. The smallest absolute Gasteiger partial charge is 0.271 e. The summed E-state index contributed by atoms with van der Waals surface area (Å²) in [4.78, 5) is 14.7. The van der Waals surface area contributed by atoms with E-state index >= 15 is 0 Å². The van der Waals surface area contributed by atoms with Crippen LogP contribution in [-0.4, -0.2) is 49.9 Å². The molecule has 0 radical (unpaired) electrons. The number of amides is 1. The number of carbonyl (C=O) groups is 1. The van der Waals surface area contributed by atoms with Gasteiger partial charge in [-0.05, 0) is 49.2 Å². The first kappa shape index (κ1) is 20.0. The van der Waals surface area contributed by atoms with Gasteiger partial charge < -0.3 is 9.47 Å². The molecular weight excluding hydrogens is 354 g/mol. The van der Waals surface area contributed by atoms with E-state index in [1.165, 1.54) is 0 Å². The zero-order chi connectivity index (χ0) is 19.9. The second-order valence-electron chi connectivity index (χ2n) is 6.87. The molecular formula is C22H27N3O3. The Labute approximate surface area is 166 Å². The molecule has 1 amide bonds. The molecule has 0 aliphatic carbocycles. The van der Waals surface area contributed by atoms with Gasteiger partial charge in [-0.25, -0.2) is 5.43 Å². The molecule has 1 aliphatic rings. The van der Waals surface area contributed by atoms with Gasteiger partial charge in [0.25, 0.3) is 5.91 Å². The Balaban J connectivity index is 1.74. The van der Waals surface area contributed by atoms with Gasteiger partial charge in [-0.1, -0.05) is 18.2 Å². The van der Waals surface area contributed by atoms with Gasteiger partial charge in [0.15, 0.2) is 0 Å². The van der Waals surface area contributed by atoms with Gasteiger partial charge in [0.05, 0.1) is 26.0 Å². The highest BCUT2D eigenvalue weighted by Crippen LogP contribution is 2.22. The molecule has 2 aromatic rings. The van der Waals surface area contributed by atoms with Gasteiger partial charge in [-0.2, -0.15) is 5.10 Å². The minimum absolute atomic E-state index is 0.209. The first-order chi connectivity index (χ1) is 13.6. The maximum atomic E-state index is 12.4. The van der Waals surface area contributed by atoms with Crippen LogP contribution in [0.2, 0.25) is 0 Å². The average Bonchev–Trinajstić information content (AvgIpc) is 2.73. The third kappa shape index (κ3) is 4.97. The Morgan fingerprint density at radius 3 is 2.68 bits per heavy atom. The third-order valence-electron chi connectivity index (χ3n) is 4.91. The quantitative estimate of drug-likeness (QED) is 0.617. The fourth-order valence-electron chi connectivity index (χ4n) is 3.21. The zero-order valence-electron chi connectivity index (χ0n) is 16.7. The van der Waals surface area contributed by atoms with Crippen LogP contribution in [0.3, 0.4) is 0 Å². The van der Waals surface area contributed by atoms with Crippen LogP contribution >= 0.6 is 0 Å². The third-order valence-corrected chi connectivity index (χ3v) is 4.91. The molecule has 0 aromatic heterocycles. The highest BCUT2D eigenvalue weighted by atomic mass is 16.5. The lowest BCUT2D eigenvalue weighted by atomic mass is 10.1. The second kappa shape index (κ2) is 9.48. The highest BCUT2D eigenvalue weighted by molar-refractivity contribution is 6.01. The number of morpholine rings is 1. The van der Waals surface area contributed by atoms with E-state index in [0.717, 1.165) is 61.0 Å². The molecule has 0 atom stereocenters. The number of hydrogen-bond acceptors (Lipinski definition) is 5. The Bertz CT molecular complexity index is 858. The average molecular weight is 381 g/mol. The number of hydrogen-bond donors (Lipinski definition) is 1. The number of methoxy groups -OCH3 is 1. The van der Waals surface area contributed by atoms with Crippen LogP contribution in [0, 0.1) is 6.92 Å². The summed E-state index contributed by atoms with van der Waals surface area (Å²) in [6.07, 6.45) is 0. The van der Waals surface area contributed by atoms with Crippen molar-refractivity contribution < 1.29 is 14.3 Å². The van der Waals surface area contributed by atoms with Crippen LogP contribution in [0.1, 0.15) is 34.0 Å². The number of hydrazone groups is 1. The van der Waals surface area contributed by atoms with Crippen molar-refractivity contribution >= 4 is 11.6 Å². The number of nitrogens with one attached hydrogen (secondary N) is 1. The Hall–Kier alpha value is -2.70. The Morgan fingerprint density at radius 1 is 1.21 bits per heavy atom. The number of rotatable bonds is 6. The molecule has 0 spiro atoms. The number of nitrogens with zero attached hydrogens (tertiary/aromatic N) is 2. The summed E-state index contributed by atoms with van der Waals surface area (Å²) in [5, 5.41) is 4.30. The zero-order valence-corrected chi connectivity index (χ0v) is 16.7. The number of ether oxygens (including phenoxy) is 2. The summed E-state index contributed by atoms with van der Waals surface area (Å²) in [7, 11) is 1.68. The van der Waals surface area contributed by atoms with Crippen LogP contribution in [-0.2, 0) is 11.3 Å². The van der Waals surface area contributed by atoms with Crippen LogP contribution < -0.4 is 10.2 Å². The molecule has 3 rings (SSSR count). The van der Waals surface area contributed by atoms with Crippen molar-refractivity contribution in [3.8, 4) is 5.75 Å². The predicted octanol–water partition coefficient (Wildman–Crippen LogP) is 2.99. The molecule has 28 heavy (non-hydrogen) atoms. The first-order valence-corrected chi connectivity index (χ1v) is 9.46. The standard InChI is InChI=1S/C22H27N3O3/c1-16-6-4-5-7-20(16)22(26)24-23-17(2)18-8-9-21(27-3)19(14-18)15-25-10-12-28-13-11-25/h4-9,14H,10-13,15H2,1-3H3,(H,24,26)/b23-17-. The van der Waals surface area contributed by atoms with Crippen molar-refractivity contribution in [2.45, 2.75) is 20.4 Å². The highest BCUT2D eigenvalue weighted by Gasteiger charge is 2.14. The molecule has 1 heterocycles. The van der Waals surface area contributed by atoms with Gasteiger partial charge in [0.1, 0.15) is 5.75 Å². The Morgan fingerprint density at radius 2 is 1.96 bits per heavy atom. The molecule has 0 bridgehead atoms. The molecule has 148 valence electrons. The molecule has 0 saturated carbocycles. The molecule has 2 aromatic carbocycles. The molecule has 0 unspecified atom stereocenters. The molecule has 6 nitrogen and oxygen atoms in total. The monoisotopic (exact) mass is 381 g/mol. The largest absolute Gasteiger partial charge is 0.496 e. The van der Waals surface area contributed by atoms with E-state index in [0.29, 0.717) is 5.56 Å². The van der Waals surface area contributed by atoms with E-state index < -0.39 is 0 Å². The van der Waals surface area contributed by atoms with Crippen LogP contribution in [0.25, 0.3) is 0 Å². The number of benzene rings is 2.